The van der Waals surface area contributed by atoms with Crippen molar-refractivity contribution in [3.63, 3.8) is 0 Å². The van der Waals surface area contributed by atoms with Crippen LogP contribution in [0.15, 0.2) is 33.6 Å². The maximum Gasteiger partial charge on any atom is 0.0850 e. The summed E-state index contributed by atoms with van der Waals surface area (Å²) in [6.07, 6.45) is 1.58. The Kier molecular flexibility index (Phi) is 6.17. The van der Waals surface area contributed by atoms with Crippen LogP contribution in [-0.2, 0) is 19.9 Å². The van der Waals surface area contributed by atoms with Crippen molar-refractivity contribution in [2.45, 2.75) is 30.7 Å². The van der Waals surface area contributed by atoms with Crippen LogP contribution in [0.25, 0.3) is 0 Å². The van der Waals surface area contributed by atoms with E-state index in [1.54, 1.807) is 11.8 Å². The molecular formula is C15H19BrClN3S. The second-order valence-corrected chi connectivity index (χ2v) is 7.30. The Hall–Kier alpha value is -0.490. The van der Waals surface area contributed by atoms with Gasteiger partial charge in [0.1, 0.15) is 0 Å². The second kappa shape index (κ2) is 7.68. The highest BCUT2D eigenvalue weighted by Gasteiger charge is 2.16. The van der Waals surface area contributed by atoms with Crippen molar-refractivity contribution in [1.29, 1.82) is 0 Å². The molecule has 0 radical (unpaired) electrons. The van der Waals surface area contributed by atoms with Gasteiger partial charge in [-0.25, -0.2) is 0 Å². The van der Waals surface area contributed by atoms with E-state index in [1.165, 1.54) is 4.90 Å². The normalized spacial score (nSPS) is 12.6. The monoisotopic (exact) mass is 387 g/mol. The predicted octanol–water partition coefficient (Wildman–Crippen LogP) is 4.06. The first-order chi connectivity index (χ1) is 10.0. The molecule has 2 rings (SSSR count). The molecule has 0 amide bonds. The number of benzene rings is 1. The molecule has 0 saturated heterocycles. The van der Waals surface area contributed by atoms with Gasteiger partial charge >= 0.3 is 0 Å². The minimum atomic E-state index is 0.0521. The molecule has 0 aliphatic carbocycles. The first-order valence-electron chi connectivity index (χ1n) is 6.85. The Morgan fingerprint density at radius 1 is 1.38 bits per heavy atom. The molecule has 114 valence electrons. The summed E-state index contributed by atoms with van der Waals surface area (Å²) >= 11 is 11.6. The van der Waals surface area contributed by atoms with Crippen molar-refractivity contribution in [1.82, 2.24) is 9.78 Å². The van der Waals surface area contributed by atoms with E-state index in [2.05, 4.69) is 40.1 Å². The first-order valence-corrected chi connectivity index (χ1v) is 9.01. The number of aromatic nitrogens is 2. The van der Waals surface area contributed by atoms with E-state index in [9.17, 15) is 0 Å². The fourth-order valence-electron chi connectivity index (χ4n) is 2.08. The van der Waals surface area contributed by atoms with E-state index in [1.807, 2.05) is 23.9 Å². The van der Waals surface area contributed by atoms with Gasteiger partial charge in [-0.3, -0.25) is 4.68 Å². The van der Waals surface area contributed by atoms with E-state index in [-0.39, 0.29) is 6.04 Å². The highest BCUT2D eigenvalue weighted by atomic mass is 79.9. The SMILES string of the molecule is CCc1nn(C)c(CC(N)CSc2ccc(Br)cc2)c1Cl. The smallest absolute Gasteiger partial charge is 0.0850 e. The summed E-state index contributed by atoms with van der Waals surface area (Å²) in [4.78, 5) is 1.22. The van der Waals surface area contributed by atoms with Gasteiger partial charge in [-0.15, -0.1) is 11.8 Å². The number of thioether (sulfide) groups is 1. The van der Waals surface area contributed by atoms with Crippen LogP contribution >= 0.6 is 39.3 Å². The van der Waals surface area contributed by atoms with Crippen LogP contribution in [0.2, 0.25) is 5.02 Å². The molecular weight excluding hydrogens is 370 g/mol. The van der Waals surface area contributed by atoms with Gasteiger partial charge in [-0.2, -0.15) is 5.10 Å². The topological polar surface area (TPSA) is 43.8 Å². The van der Waals surface area contributed by atoms with Gasteiger partial charge in [0.2, 0.25) is 0 Å². The fraction of sp³-hybridized carbons (Fsp3) is 0.400. The third-order valence-electron chi connectivity index (χ3n) is 3.24. The molecule has 2 N–H and O–H groups in total. The number of nitrogens with two attached hydrogens (primary N) is 1. The van der Waals surface area contributed by atoms with Crippen LogP contribution in [-0.4, -0.2) is 21.6 Å². The van der Waals surface area contributed by atoms with Crippen molar-refractivity contribution in [3.05, 3.63) is 45.1 Å². The number of nitrogens with zero attached hydrogens (tertiary/aromatic N) is 2. The highest BCUT2D eigenvalue weighted by molar-refractivity contribution is 9.10. The quantitative estimate of drug-likeness (QED) is 0.759. The van der Waals surface area contributed by atoms with Gasteiger partial charge in [0.25, 0.3) is 0 Å². The molecule has 0 saturated carbocycles. The average molecular weight is 389 g/mol. The Morgan fingerprint density at radius 3 is 2.62 bits per heavy atom. The molecule has 1 aromatic carbocycles. The summed E-state index contributed by atoms with van der Waals surface area (Å²) in [7, 11) is 1.93. The van der Waals surface area contributed by atoms with Gasteiger partial charge in [-0.1, -0.05) is 34.5 Å². The van der Waals surface area contributed by atoms with Gasteiger partial charge in [0.15, 0.2) is 0 Å². The maximum absolute atomic E-state index is 6.36. The molecule has 1 unspecified atom stereocenters. The summed E-state index contributed by atoms with van der Waals surface area (Å²) in [6, 6.07) is 8.32. The van der Waals surface area contributed by atoms with E-state index >= 15 is 0 Å². The van der Waals surface area contributed by atoms with Crippen molar-refractivity contribution >= 4 is 39.3 Å². The molecule has 21 heavy (non-hydrogen) atoms. The second-order valence-electron chi connectivity index (χ2n) is 4.91. The Morgan fingerprint density at radius 2 is 2.05 bits per heavy atom. The van der Waals surface area contributed by atoms with Crippen LogP contribution in [0.4, 0.5) is 0 Å². The molecule has 6 heteroatoms. The molecule has 0 fully saturated rings. The lowest BCUT2D eigenvalue weighted by Gasteiger charge is -2.12. The Labute approximate surface area is 143 Å². The highest BCUT2D eigenvalue weighted by Crippen LogP contribution is 2.24. The third-order valence-corrected chi connectivity index (χ3v) is 5.40. The van der Waals surface area contributed by atoms with Crippen LogP contribution in [0.5, 0.6) is 0 Å². The van der Waals surface area contributed by atoms with Crippen molar-refractivity contribution in [2.24, 2.45) is 12.8 Å². The first kappa shape index (κ1) is 16.9. The van der Waals surface area contributed by atoms with Crippen molar-refractivity contribution < 1.29 is 0 Å². The Bertz CT molecular complexity index is 598. The zero-order valence-corrected chi connectivity index (χ0v) is 15.3. The molecule has 0 aliphatic heterocycles. The van der Waals surface area contributed by atoms with E-state index < -0.39 is 0 Å². The molecule has 1 atom stereocenters. The summed E-state index contributed by atoms with van der Waals surface area (Å²) in [6.45, 7) is 2.06. The molecule has 1 heterocycles. The minimum absolute atomic E-state index is 0.0521. The Balaban J connectivity index is 1.94. The average Bonchev–Trinajstić information content (AvgIpc) is 2.74. The molecule has 2 aromatic rings. The van der Waals surface area contributed by atoms with Crippen molar-refractivity contribution in [3.8, 4) is 0 Å². The van der Waals surface area contributed by atoms with Crippen LogP contribution < -0.4 is 5.73 Å². The van der Waals surface area contributed by atoms with E-state index in [4.69, 9.17) is 17.3 Å². The van der Waals surface area contributed by atoms with Gasteiger partial charge in [0, 0.05) is 34.6 Å². The molecule has 1 aromatic heterocycles. The summed E-state index contributed by atoms with van der Waals surface area (Å²) in [5.74, 6) is 0.852. The molecule has 3 nitrogen and oxygen atoms in total. The largest absolute Gasteiger partial charge is 0.327 e. The summed E-state index contributed by atoms with van der Waals surface area (Å²) in [5.41, 5.74) is 8.21. The van der Waals surface area contributed by atoms with E-state index in [0.29, 0.717) is 0 Å². The zero-order valence-electron chi connectivity index (χ0n) is 12.1. The number of rotatable bonds is 6. The lowest BCUT2D eigenvalue weighted by Crippen LogP contribution is -2.26. The summed E-state index contributed by atoms with van der Waals surface area (Å²) < 4.78 is 2.94. The minimum Gasteiger partial charge on any atom is -0.327 e. The third kappa shape index (κ3) is 4.49. The van der Waals surface area contributed by atoms with Gasteiger partial charge in [0.05, 0.1) is 16.4 Å². The fourth-order valence-corrected chi connectivity index (χ4v) is 3.57. The number of hydrogen-bond donors (Lipinski definition) is 1. The van der Waals surface area contributed by atoms with Crippen molar-refractivity contribution in [2.75, 3.05) is 5.75 Å². The molecule has 0 aliphatic rings. The number of aryl methyl sites for hydroxylation is 2. The van der Waals surface area contributed by atoms with Gasteiger partial charge < -0.3 is 5.73 Å². The van der Waals surface area contributed by atoms with Crippen LogP contribution in [0.3, 0.4) is 0 Å². The standard InChI is InChI=1S/C15H19BrClN3S/c1-3-13-15(17)14(20(2)19-13)8-11(18)9-21-12-6-4-10(16)5-7-12/h4-7,11H,3,8-9,18H2,1-2H3. The zero-order chi connectivity index (χ0) is 15.4. The van der Waals surface area contributed by atoms with Gasteiger partial charge in [-0.05, 0) is 30.7 Å². The van der Waals surface area contributed by atoms with Crippen LogP contribution in [0.1, 0.15) is 18.3 Å². The number of hydrogen-bond acceptors (Lipinski definition) is 3. The number of halogens is 2. The van der Waals surface area contributed by atoms with Crippen LogP contribution in [0, 0.1) is 0 Å². The summed E-state index contributed by atoms with van der Waals surface area (Å²) in [5, 5.41) is 5.19. The lowest BCUT2D eigenvalue weighted by molar-refractivity contribution is 0.650. The molecule has 0 bridgehead atoms. The van der Waals surface area contributed by atoms with E-state index in [0.717, 1.165) is 39.5 Å². The maximum atomic E-state index is 6.36. The molecule has 0 spiro atoms. The lowest BCUT2D eigenvalue weighted by atomic mass is 10.2. The predicted molar refractivity (Wildman–Crippen MR) is 94.1 cm³/mol.